The van der Waals surface area contributed by atoms with Crippen molar-refractivity contribution >= 4 is 5.69 Å². The third kappa shape index (κ3) is 1.31. The molecular weight excluding hydrogens is 186 g/mol. The second-order valence-electron chi connectivity index (χ2n) is 3.86. The van der Waals surface area contributed by atoms with E-state index in [9.17, 15) is 0 Å². The molecule has 76 valence electrons. The number of imidazole rings is 1. The molecule has 0 bridgehead atoms. The topological polar surface area (TPSA) is 29.9 Å². The average molecular weight is 199 g/mol. The fourth-order valence-corrected chi connectivity index (χ4v) is 2.08. The van der Waals surface area contributed by atoms with E-state index in [4.69, 9.17) is 0 Å². The summed E-state index contributed by atoms with van der Waals surface area (Å²) in [6.45, 7) is 3.07. The van der Waals surface area contributed by atoms with Gasteiger partial charge in [-0.1, -0.05) is 6.07 Å². The number of hydrogen-bond acceptors (Lipinski definition) is 2. The summed E-state index contributed by atoms with van der Waals surface area (Å²) in [7, 11) is 0. The Kier molecular flexibility index (Phi) is 1.78. The number of fused-ring (bicyclic) bond motifs is 1. The van der Waals surface area contributed by atoms with E-state index in [0.717, 1.165) is 18.8 Å². The van der Waals surface area contributed by atoms with Crippen molar-refractivity contribution in [2.24, 2.45) is 0 Å². The first kappa shape index (κ1) is 8.53. The summed E-state index contributed by atoms with van der Waals surface area (Å²) in [6, 6.07) is 6.54. The predicted molar refractivity (Wildman–Crippen MR) is 60.5 cm³/mol. The van der Waals surface area contributed by atoms with Gasteiger partial charge in [-0.2, -0.15) is 0 Å². The van der Waals surface area contributed by atoms with Gasteiger partial charge in [0.2, 0.25) is 0 Å². The van der Waals surface area contributed by atoms with Crippen molar-refractivity contribution < 1.29 is 0 Å². The molecule has 1 aromatic carbocycles. The first-order valence-corrected chi connectivity index (χ1v) is 5.22. The lowest BCUT2D eigenvalue weighted by Gasteiger charge is -2.07. The van der Waals surface area contributed by atoms with Crippen LogP contribution in [0.5, 0.6) is 0 Å². The molecule has 0 unspecified atom stereocenters. The summed E-state index contributed by atoms with van der Waals surface area (Å²) in [6.07, 6.45) is 4.96. The Morgan fingerprint density at radius 2 is 2.33 bits per heavy atom. The van der Waals surface area contributed by atoms with Gasteiger partial charge in [-0.3, -0.25) is 0 Å². The number of aryl methyl sites for hydroxylation is 1. The molecule has 1 aliphatic rings. The van der Waals surface area contributed by atoms with Crippen molar-refractivity contribution in [3.63, 3.8) is 0 Å². The molecule has 1 aromatic heterocycles. The van der Waals surface area contributed by atoms with E-state index in [-0.39, 0.29) is 0 Å². The van der Waals surface area contributed by atoms with Crippen LogP contribution in [0.4, 0.5) is 5.69 Å². The maximum Gasteiger partial charge on any atom is 0.110 e. The Hall–Kier alpha value is -1.77. The van der Waals surface area contributed by atoms with Crippen molar-refractivity contribution in [3.05, 3.63) is 42.0 Å². The maximum absolute atomic E-state index is 4.23. The molecule has 0 aliphatic carbocycles. The van der Waals surface area contributed by atoms with Crippen LogP contribution >= 0.6 is 0 Å². The van der Waals surface area contributed by atoms with Crippen molar-refractivity contribution in [2.75, 3.05) is 11.9 Å². The zero-order valence-corrected chi connectivity index (χ0v) is 8.70. The molecule has 0 saturated heterocycles. The number of nitrogens with one attached hydrogen (secondary N) is 1. The first-order valence-electron chi connectivity index (χ1n) is 5.22. The summed E-state index contributed by atoms with van der Waals surface area (Å²) in [4.78, 5) is 4.23. The van der Waals surface area contributed by atoms with Gasteiger partial charge < -0.3 is 9.88 Å². The molecule has 1 aliphatic heterocycles. The molecule has 0 atom stereocenters. The third-order valence-corrected chi connectivity index (χ3v) is 2.91. The van der Waals surface area contributed by atoms with E-state index in [1.807, 2.05) is 19.3 Å². The summed E-state index contributed by atoms with van der Waals surface area (Å²) < 4.78 is 2.10. The maximum atomic E-state index is 4.23. The van der Waals surface area contributed by atoms with E-state index in [0.29, 0.717) is 0 Å². The molecule has 3 rings (SSSR count). The largest absolute Gasteiger partial charge is 0.384 e. The second-order valence-corrected chi connectivity index (χ2v) is 3.86. The van der Waals surface area contributed by atoms with Crippen LogP contribution in [0.15, 0.2) is 30.6 Å². The summed E-state index contributed by atoms with van der Waals surface area (Å²) >= 11 is 0. The van der Waals surface area contributed by atoms with Crippen LogP contribution in [0.2, 0.25) is 0 Å². The predicted octanol–water partition coefficient (Wildman–Crippen LogP) is 2.15. The number of anilines is 1. The molecule has 3 heteroatoms. The van der Waals surface area contributed by atoms with E-state index in [1.165, 1.54) is 16.9 Å². The van der Waals surface area contributed by atoms with Gasteiger partial charge in [-0.15, -0.1) is 0 Å². The van der Waals surface area contributed by atoms with Gasteiger partial charge in [0.15, 0.2) is 0 Å². The van der Waals surface area contributed by atoms with Gasteiger partial charge in [0.1, 0.15) is 5.82 Å². The van der Waals surface area contributed by atoms with Gasteiger partial charge in [0.25, 0.3) is 0 Å². The SMILES string of the molecule is Cc1nccn1-c1ccc2c(c1)NCC2. The van der Waals surface area contributed by atoms with E-state index >= 15 is 0 Å². The number of nitrogens with zero attached hydrogens (tertiary/aromatic N) is 2. The van der Waals surface area contributed by atoms with E-state index in [1.54, 1.807) is 0 Å². The van der Waals surface area contributed by atoms with Gasteiger partial charge in [0.05, 0.1) is 0 Å². The number of aromatic nitrogens is 2. The van der Waals surface area contributed by atoms with Gasteiger partial charge in [-0.05, 0) is 31.0 Å². The lowest BCUT2D eigenvalue weighted by atomic mass is 10.1. The third-order valence-electron chi connectivity index (χ3n) is 2.91. The zero-order chi connectivity index (χ0) is 10.3. The molecule has 3 nitrogen and oxygen atoms in total. The van der Waals surface area contributed by atoms with Gasteiger partial charge >= 0.3 is 0 Å². The Labute approximate surface area is 88.8 Å². The normalized spacial score (nSPS) is 13.7. The lowest BCUT2D eigenvalue weighted by molar-refractivity contribution is 0.974. The summed E-state index contributed by atoms with van der Waals surface area (Å²) in [5.41, 5.74) is 3.86. The molecule has 15 heavy (non-hydrogen) atoms. The second kappa shape index (κ2) is 3.12. The van der Waals surface area contributed by atoms with Crippen LogP contribution in [0.25, 0.3) is 5.69 Å². The van der Waals surface area contributed by atoms with Crippen molar-refractivity contribution in [2.45, 2.75) is 13.3 Å². The van der Waals surface area contributed by atoms with Crippen LogP contribution in [0.3, 0.4) is 0 Å². The molecule has 0 saturated carbocycles. The highest BCUT2D eigenvalue weighted by Gasteiger charge is 2.10. The molecule has 0 radical (unpaired) electrons. The van der Waals surface area contributed by atoms with Crippen LogP contribution in [-0.4, -0.2) is 16.1 Å². The smallest absolute Gasteiger partial charge is 0.110 e. The lowest BCUT2D eigenvalue weighted by Crippen LogP contribution is -1.96. The molecule has 0 amide bonds. The standard InChI is InChI=1S/C12H13N3/c1-9-13-6-7-15(9)11-3-2-10-4-5-14-12(10)8-11/h2-3,6-8,14H,4-5H2,1H3. The molecular formula is C12H13N3. The quantitative estimate of drug-likeness (QED) is 0.762. The Morgan fingerprint density at radius 3 is 3.13 bits per heavy atom. The monoisotopic (exact) mass is 199 g/mol. The van der Waals surface area contributed by atoms with Gasteiger partial charge in [0, 0.05) is 30.3 Å². The highest BCUT2D eigenvalue weighted by atomic mass is 15.1. The van der Waals surface area contributed by atoms with Crippen molar-refractivity contribution in [1.29, 1.82) is 0 Å². The van der Waals surface area contributed by atoms with Crippen molar-refractivity contribution in [3.8, 4) is 5.69 Å². The Bertz CT molecular complexity index is 499. The van der Waals surface area contributed by atoms with Crippen molar-refractivity contribution in [1.82, 2.24) is 9.55 Å². The number of benzene rings is 1. The van der Waals surface area contributed by atoms with Crippen LogP contribution in [0.1, 0.15) is 11.4 Å². The fourth-order valence-electron chi connectivity index (χ4n) is 2.08. The van der Waals surface area contributed by atoms with Crippen LogP contribution < -0.4 is 5.32 Å². The van der Waals surface area contributed by atoms with E-state index in [2.05, 4.69) is 33.1 Å². The fraction of sp³-hybridized carbons (Fsp3) is 0.250. The minimum atomic E-state index is 1.02. The van der Waals surface area contributed by atoms with E-state index < -0.39 is 0 Å². The van der Waals surface area contributed by atoms with Crippen LogP contribution in [-0.2, 0) is 6.42 Å². The highest BCUT2D eigenvalue weighted by molar-refractivity contribution is 5.60. The summed E-state index contributed by atoms with van der Waals surface area (Å²) in [5, 5.41) is 3.39. The summed E-state index contributed by atoms with van der Waals surface area (Å²) in [5.74, 6) is 1.02. The minimum absolute atomic E-state index is 1.02. The minimum Gasteiger partial charge on any atom is -0.384 e. The average Bonchev–Trinajstić information content (AvgIpc) is 2.84. The Balaban J connectivity index is 2.11. The molecule has 2 heterocycles. The zero-order valence-electron chi connectivity index (χ0n) is 8.70. The first-order chi connectivity index (χ1) is 7.34. The van der Waals surface area contributed by atoms with Crippen LogP contribution in [0, 0.1) is 6.92 Å². The molecule has 1 N–H and O–H groups in total. The molecule has 0 fully saturated rings. The highest BCUT2D eigenvalue weighted by Crippen LogP contribution is 2.25. The number of rotatable bonds is 1. The van der Waals surface area contributed by atoms with Gasteiger partial charge in [-0.25, -0.2) is 4.98 Å². The number of hydrogen-bond donors (Lipinski definition) is 1. The Morgan fingerprint density at radius 1 is 1.40 bits per heavy atom. The molecule has 0 spiro atoms. The molecule has 2 aromatic rings.